The molecule has 1 aromatic carbocycles. The summed E-state index contributed by atoms with van der Waals surface area (Å²) in [6.45, 7) is 6.38. The zero-order valence-electron chi connectivity index (χ0n) is 12.5. The predicted octanol–water partition coefficient (Wildman–Crippen LogP) is 3.99. The second-order valence-corrected chi connectivity index (χ2v) is 6.93. The lowest BCUT2D eigenvalue weighted by Gasteiger charge is -2.45. The molecule has 2 nitrogen and oxygen atoms in total. The Balaban J connectivity index is 1.68. The largest absolute Gasteiger partial charge is 0.348 e. The van der Waals surface area contributed by atoms with Crippen molar-refractivity contribution in [2.24, 2.45) is 5.92 Å². The fourth-order valence-electron chi connectivity index (χ4n) is 4.93. The van der Waals surface area contributed by atoms with Crippen molar-refractivity contribution in [3.63, 3.8) is 0 Å². The summed E-state index contributed by atoms with van der Waals surface area (Å²) in [6, 6.07) is 9.09. The molecule has 4 rings (SSSR count). The van der Waals surface area contributed by atoms with Gasteiger partial charge < -0.3 is 9.47 Å². The van der Waals surface area contributed by atoms with Crippen LogP contribution in [0.2, 0.25) is 0 Å². The van der Waals surface area contributed by atoms with Crippen LogP contribution in [0.25, 0.3) is 0 Å². The number of fused-ring (bicyclic) bond motifs is 2. The third-order valence-electron chi connectivity index (χ3n) is 6.33. The molecule has 0 amide bonds. The minimum Gasteiger partial charge on any atom is -0.348 e. The zero-order valence-corrected chi connectivity index (χ0v) is 12.5. The van der Waals surface area contributed by atoms with Crippen molar-refractivity contribution < 1.29 is 9.47 Å². The Morgan fingerprint density at radius 2 is 1.60 bits per heavy atom. The van der Waals surface area contributed by atoms with Crippen LogP contribution in [0.1, 0.15) is 56.6 Å². The van der Waals surface area contributed by atoms with Gasteiger partial charge in [0.2, 0.25) is 0 Å². The molecule has 0 aromatic heterocycles. The fraction of sp³-hybridized carbons (Fsp3) is 0.667. The van der Waals surface area contributed by atoms with Crippen molar-refractivity contribution >= 4 is 0 Å². The maximum absolute atomic E-state index is 5.91. The number of ether oxygens (including phenoxy) is 2. The van der Waals surface area contributed by atoms with Crippen LogP contribution in [0.3, 0.4) is 0 Å². The van der Waals surface area contributed by atoms with Gasteiger partial charge >= 0.3 is 0 Å². The van der Waals surface area contributed by atoms with Crippen LogP contribution in [0, 0.1) is 5.92 Å². The Kier molecular flexibility index (Phi) is 2.77. The van der Waals surface area contributed by atoms with Crippen LogP contribution in [-0.4, -0.2) is 19.0 Å². The van der Waals surface area contributed by atoms with Crippen LogP contribution in [0.5, 0.6) is 0 Å². The summed E-state index contributed by atoms with van der Waals surface area (Å²) in [5.74, 6) is 1.15. The van der Waals surface area contributed by atoms with Crippen LogP contribution in [0.4, 0.5) is 0 Å². The summed E-state index contributed by atoms with van der Waals surface area (Å²) in [7, 11) is 0. The first kappa shape index (κ1) is 12.8. The van der Waals surface area contributed by atoms with Gasteiger partial charge in [-0.25, -0.2) is 0 Å². The predicted molar refractivity (Wildman–Crippen MR) is 78.8 cm³/mol. The highest BCUT2D eigenvalue weighted by atomic mass is 16.7. The third kappa shape index (κ3) is 1.58. The van der Waals surface area contributed by atoms with Gasteiger partial charge in [-0.1, -0.05) is 38.1 Å². The maximum atomic E-state index is 5.91. The molecular weight excluding hydrogens is 248 g/mol. The van der Waals surface area contributed by atoms with Crippen molar-refractivity contribution in [2.45, 2.75) is 56.7 Å². The van der Waals surface area contributed by atoms with E-state index in [0.717, 1.165) is 32.0 Å². The van der Waals surface area contributed by atoms with Crippen LogP contribution >= 0.6 is 0 Å². The molecule has 1 aliphatic heterocycles. The first-order chi connectivity index (χ1) is 9.67. The van der Waals surface area contributed by atoms with Crippen molar-refractivity contribution in [3.8, 4) is 0 Å². The number of hydrogen-bond acceptors (Lipinski definition) is 2. The summed E-state index contributed by atoms with van der Waals surface area (Å²) in [5, 5.41) is 0. The third-order valence-corrected chi connectivity index (χ3v) is 6.33. The lowest BCUT2D eigenvalue weighted by molar-refractivity contribution is -0.187. The monoisotopic (exact) mass is 272 g/mol. The number of hydrogen-bond donors (Lipinski definition) is 0. The molecule has 1 saturated carbocycles. The quantitative estimate of drug-likeness (QED) is 0.711. The minimum atomic E-state index is -0.244. The second kappa shape index (κ2) is 4.32. The molecule has 1 saturated heterocycles. The minimum absolute atomic E-state index is 0.244. The van der Waals surface area contributed by atoms with E-state index in [2.05, 4.69) is 38.1 Å². The first-order valence-corrected chi connectivity index (χ1v) is 8.04. The molecule has 2 aliphatic carbocycles. The van der Waals surface area contributed by atoms with Gasteiger partial charge in [0.1, 0.15) is 0 Å². The van der Waals surface area contributed by atoms with Crippen molar-refractivity contribution in [1.29, 1.82) is 0 Å². The standard InChI is InChI=1S/C18H24O2/c1-13-14(2)17(16-6-4-3-5-15(13)16)7-9-18(10-8-17)19-11-12-20-18/h3-6,13-14H,7-12H2,1-2H3/t13-,14+/m1/s1. The molecule has 0 radical (unpaired) electrons. The number of benzene rings is 1. The molecule has 108 valence electrons. The summed E-state index contributed by atoms with van der Waals surface area (Å²) < 4.78 is 11.8. The van der Waals surface area contributed by atoms with Crippen molar-refractivity contribution in [3.05, 3.63) is 35.4 Å². The van der Waals surface area contributed by atoms with Gasteiger partial charge in [-0.3, -0.25) is 0 Å². The van der Waals surface area contributed by atoms with Gasteiger partial charge in [-0.2, -0.15) is 0 Å². The van der Waals surface area contributed by atoms with Crippen molar-refractivity contribution in [2.75, 3.05) is 13.2 Å². The average Bonchev–Trinajstić information content (AvgIpc) is 3.02. The second-order valence-electron chi connectivity index (χ2n) is 6.93. The molecule has 1 aromatic rings. The Morgan fingerprint density at radius 3 is 2.30 bits per heavy atom. The topological polar surface area (TPSA) is 18.5 Å². The van der Waals surface area contributed by atoms with E-state index in [9.17, 15) is 0 Å². The lowest BCUT2D eigenvalue weighted by atomic mass is 9.63. The molecule has 20 heavy (non-hydrogen) atoms. The van der Waals surface area contributed by atoms with Gasteiger partial charge in [-0.05, 0) is 41.2 Å². The molecule has 2 fully saturated rings. The normalized spacial score (nSPS) is 33.7. The molecule has 0 bridgehead atoms. The summed E-state index contributed by atoms with van der Waals surface area (Å²) >= 11 is 0. The Hall–Kier alpha value is -0.860. The summed E-state index contributed by atoms with van der Waals surface area (Å²) in [5.41, 5.74) is 3.54. The Bertz CT molecular complexity index is 506. The van der Waals surface area contributed by atoms with Crippen LogP contribution in [0.15, 0.2) is 24.3 Å². The van der Waals surface area contributed by atoms with E-state index < -0.39 is 0 Å². The van der Waals surface area contributed by atoms with E-state index in [4.69, 9.17) is 9.47 Å². The van der Waals surface area contributed by atoms with E-state index in [1.54, 1.807) is 11.1 Å². The van der Waals surface area contributed by atoms with Crippen LogP contribution < -0.4 is 0 Å². The molecule has 1 heterocycles. The van der Waals surface area contributed by atoms with Gasteiger partial charge in [0.25, 0.3) is 0 Å². The smallest absolute Gasteiger partial charge is 0.168 e. The van der Waals surface area contributed by atoms with Gasteiger partial charge in [0.15, 0.2) is 5.79 Å². The highest BCUT2D eigenvalue weighted by Gasteiger charge is 2.53. The van der Waals surface area contributed by atoms with E-state index in [1.165, 1.54) is 12.8 Å². The fourth-order valence-corrected chi connectivity index (χ4v) is 4.93. The van der Waals surface area contributed by atoms with E-state index >= 15 is 0 Å². The summed E-state index contributed by atoms with van der Waals surface area (Å²) in [6.07, 6.45) is 4.52. The zero-order chi connectivity index (χ0) is 13.8. The van der Waals surface area contributed by atoms with Gasteiger partial charge in [0, 0.05) is 12.8 Å². The Labute approximate surface area is 121 Å². The molecule has 0 unspecified atom stereocenters. The molecule has 2 heteroatoms. The van der Waals surface area contributed by atoms with E-state index in [-0.39, 0.29) is 5.79 Å². The van der Waals surface area contributed by atoms with E-state index in [0.29, 0.717) is 11.3 Å². The SMILES string of the molecule is C[C@H]1c2ccccc2C2(CCC3(CC2)OCCO3)[C@H]1C. The van der Waals surface area contributed by atoms with E-state index in [1.807, 2.05) is 0 Å². The van der Waals surface area contributed by atoms with Gasteiger partial charge in [-0.15, -0.1) is 0 Å². The van der Waals surface area contributed by atoms with Crippen LogP contribution in [-0.2, 0) is 14.9 Å². The number of rotatable bonds is 0. The highest BCUT2D eigenvalue weighted by Crippen LogP contribution is 2.58. The van der Waals surface area contributed by atoms with Crippen molar-refractivity contribution in [1.82, 2.24) is 0 Å². The molecule has 2 spiro atoms. The molecular formula is C18H24O2. The maximum Gasteiger partial charge on any atom is 0.168 e. The molecule has 0 N–H and O–H groups in total. The highest BCUT2D eigenvalue weighted by molar-refractivity contribution is 5.44. The average molecular weight is 272 g/mol. The Morgan fingerprint density at radius 1 is 0.950 bits per heavy atom. The molecule has 3 aliphatic rings. The first-order valence-electron chi connectivity index (χ1n) is 8.04. The molecule has 2 atom stereocenters. The summed E-state index contributed by atoms with van der Waals surface area (Å²) in [4.78, 5) is 0. The van der Waals surface area contributed by atoms with Gasteiger partial charge in [0.05, 0.1) is 13.2 Å². The lowest BCUT2D eigenvalue weighted by Crippen LogP contribution is -2.44.